The maximum absolute atomic E-state index is 9.27. The number of hydrogen-bond acceptors (Lipinski definition) is 1. The van der Waals surface area contributed by atoms with Crippen molar-refractivity contribution in [3.8, 4) is 0 Å². The van der Waals surface area contributed by atoms with Crippen LogP contribution in [0.15, 0.2) is 34.4 Å². The third-order valence-electron chi connectivity index (χ3n) is 1.99. The number of hydrogen-bond donors (Lipinski definition) is 1. The molecule has 0 aromatic rings. The Morgan fingerprint density at radius 2 is 2.14 bits per heavy atom. The zero-order chi connectivity index (χ0) is 11.1. The molecule has 2 heteroatoms. The second kappa shape index (κ2) is 7.02. The van der Waals surface area contributed by atoms with Gasteiger partial charge in [-0.3, -0.25) is 0 Å². The van der Waals surface area contributed by atoms with Crippen LogP contribution in [0.5, 0.6) is 0 Å². The second-order valence-corrected chi connectivity index (χ2v) is 4.30. The van der Waals surface area contributed by atoms with Crippen molar-refractivity contribution < 1.29 is 5.11 Å². The van der Waals surface area contributed by atoms with E-state index >= 15 is 0 Å². The highest BCUT2D eigenvalue weighted by Gasteiger charge is 2.01. The minimum absolute atomic E-state index is 0.267. The van der Waals surface area contributed by atoms with E-state index in [4.69, 9.17) is 0 Å². The molecule has 0 fully saturated rings. The number of aliphatic hydroxyl groups is 1. The highest BCUT2D eigenvalue weighted by Crippen LogP contribution is 2.18. The fourth-order valence-electron chi connectivity index (χ4n) is 1.22. The van der Waals surface area contributed by atoms with Crippen molar-refractivity contribution >= 4 is 15.9 Å². The van der Waals surface area contributed by atoms with Crippen LogP contribution in [0.3, 0.4) is 0 Å². The van der Waals surface area contributed by atoms with Gasteiger partial charge in [0.05, 0.1) is 6.10 Å². The first-order chi connectivity index (χ1) is 6.51. The van der Waals surface area contributed by atoms with Crippen molar-refractivity contribution in [2.24, 2.45) is 0 Å². The van der Waals surface area contributed by atoms with Crippen LogP contribution in [-0.4, -0.2) is 11.2 Å². The Morgan fingerprint density at radius 3 is 2.50 bits per heavy atom. The molecule has 0 aliphatic carbocycles. The Kier molecular flexibility index (Phi) is 6.85. The van der Waals surface area contributed by atoms with Gasteiger partial charge in [-0.05, 0) is 32.3 Å². The van der Waals surface area contributed by atoms with Gasteiger partial charge in [-0.2, -0.15) is 0 Å². The topological polar surface area (TPSA) is 20.2 Å². The molecule has 0 radical (unpaired) electrons. The molecular formula is C12H19BrO. The summed E-state index contributed by atoms with van der Waals surface area (Å²) in [5, 5.41) is 9.27. The molecule has 0 aliphatic heterocycles. The van der Waals surface area contributed by atoms with Crippen molar-refractivity contribution in [2.75, 3.05) is 0 Å². The van der Waals surface area contributed by atoms with Gasteiger partial charge in [-0.1, -0.05) is 47.2 Å². The van der Waals surface area contributed by atoms with Crippen LogP contribution >= 0.6 is 15.9 Å². The summed E-state index contributed by atoms with van der Waals surface area (Å²) in [7, 11) is 0. The minimum atomic E-state index is -0.267. The number of rotatable bonds is 5. The molecule has 0 aromatic carbocycles. The van der Waals surface area contributed by atoms with Gasteiger partial charge < -0.3 is 5.11 Å². The monoisotopic (exact) mass is 258 g/mol. The Labute approximate surface area is 95.3 Å². The lowest BCUT2D eigenvalue weighted by atomic mass is 10.0. The van der Waals surface area contributed by atoms with E-state index in [0.29, 0.717) is 0 Å². The van der Waals surface area contributed by atoms with E-state index in [1.54, 1.807) is 6.08 Å². The first kappa shape index (κ1) is 13.7. The van der Waals surface area contributed by atoms with Gasteiger partial charge in [0.25, 0.3) is 0 Å². The maximum atomic E-state index is 9.27. The van der Waals surface area contributed by atoms with Crippen LogP contribution in [0.25, 0.3) is 0 Å². The van der Waals surface area contributed by atoms with Crippen molar-refractivity contribution in [2.45, 2.75) is 39.7 Å². The fraction of sp³-hybridized carbons (Fsp3) is 0.500. The molecule has 1 atom stereocenters. The lowest BCUT2D eigenvalue weighted by Gasteiger charge is -2.07. The highest BCUT2D eigenvalue weighted by molar-refractivity contribution is 9.11. The molecule has 0 rings (SSSR count). The van der Waals surface area contributed by atoms with Crippen LogP contribution in [-0.2, 0) is 0 Å². The number of aliphatic hydroxyl groups excluding tert-OH is 1. The van der Waals surface area contributed by atoms with Crippen molar-refractivity contribution in [1.29, 1.82) is 0 Å². The normalized spacial score (nSPS) is 16.2. The molecule has 1 unspecified atom stereocenters. The van der Waals surface area contributed by atoms with Gasteiger partial charge in [0.1, 0.15) is 0 Å². The van der Waals surface area contributed by atoms with Crippen molar-refractivity contribution in [3.05, 3.63) is 34.4 Å². The summed E-state index contributed by atoms with van der Waals surface area (Å²) in [5.74, 6) is 0. The molecule has 0 amide bonds. The average Bonchev–Trinajstić information content (AvgIpc) is 2.14. The van der Waals surface area contributed by atoms with Gasteiger partial charge in [-0.25, -0.2) is 0 Å². The van der Waals surface area contributed by atoms with Gasteiger partial charge in [-0.15, -0.1) is 0 Å². The molecular weight excluding hydrogens is 240 g/mol. The number of halogens is 1. The molecule has 0 aromatic heterocycles. The standard InChI is InChI=1S/C12H19BrO/c1-5-11(8-10(4)14)7-9(3)12(13)6-2/h6-7,10,14H,2,5,8H2,1,3-4H3/b11-7+,12-9+. The zero-order valence-electron chi connectivity index (χ0n) is 9.18. The molecule has 0 aliphatic rings. The third-order valence-corrected chi connectivity index (χ3v) is 2.94. The summed E-state index contributed by atoms with van der Waals surface area (Å²) in [6.45, 7) is 9.63. The second-order valence-electron chi connectivity index (χ2n) is 3.44. The molecule has 0 saturated heterocycles. The quantitative estimate of drug-likeness (QED) is 0.741. The minimum Gasteiger partial charge on any atom is -0.393 e. The largest absolute Gasteiger partial charge is 0.393 e. The van der Waals surface area contributed by atoms with Crippen LogP contribution < -0.4 is 0 Å². The number of allylic oxidation sites excluding steroid dienone is 4. The predicted molar refractivity (Wildman–Crippen MR) is 66.5 cm³/mol. The first-order valence-corrected chi connectivity index (χ1v) is 5.66. The highest BCUT2D eigenvalue weighted by atomic mass is 79.9. The van der Waals surface area contributed by atoms with Crippen molar-refractivity contribution in [3.63, 3.8) is 0 Å². The summed E-state index contributed by atoms with van der Waals surface area (Å²) in [6.07, 6.45) is 5.33. The lowest BCUT2D eigenvalue weighted by molar-refractivity contribution is 0.194. The molecule has 14 heavy (non-hydrogen) atoms. The van der Waals surface area contributed by atoms with Crippen LogP contribution in [0, 0.1) is 0 Å². The fourth-order valence-corrected chi connectivity index (χ4v) is 1.34. The van der Waals surface area contributed by atoms with E-state index < -0.39 is 0 Å². The molecule has 1 nitrogen and oxygen atoms in total. The van der Waals surface area contributed by atoms with E-state index in [2.05, 4.69) is 35.5 Å². The summed E-state index contributed by atoms with van der Waals surface area (Å²) in [4.78, 5) is 0. The molecule has 0 heterocycles. The summed E-state index contributed by atoms with van der Waals surface area (Å²) in [5.41, 5.74) is 2.41. The van der Waals surface area contributed by atoms with E-state index in [1.807, 2.05) is 13.8 Å². The van der Waals surface area contributed by atoms with E-state index in [1.165, 1.54) is 5.57 Å². The summed E-state index contributed by atoms with van der Waals surface area (Å²) < 4.78 is 1.01. The van der Waals surface area contributed by atoms with E-state index in [9.17, 15) is 5.11 Å². The van der Waals surface area contributed by atoms with Gasteiger partial charge in [0.15, 0.2) is 0 Å². The summed E-state index contributed by atoms with van der Waals surface area (Å²) >= 11 is 3.42. The molecule has 80 valence electrons. The molecule has 1 N–H and O–H groups in total. The lowest BCUT2D eigenvalue weighted by Crippen LogP contribution is -2.01. The first-order valence-electron chi connectivity index (χ1n) is 4.87. The Hall–Kier alpha value is -0.340. The maximum Gasteiger partial charge on any atom is 0.0549 e. The van der Waals surface area contributed by atoms with Crippen molar-refractivity contribution in [1.82, 2.24) is 0 Å². The molecule has 0 saturated carbocycles. The Morgan fingerprint density at radius 1 is 1.57 bits per heavy atom. The van der Waals surface area contributed by atoms with Gasteiger partial charge in [0.2, 0.25) is 0 Å². The summed E-state index contributed by atoms with van der Waals surface area (Å²) in [6, 6.07) is 0. The van der Waals surface area contributed by atoms with Crippen LogP contribution in [0.2, 0.25) is 0 Å². The van der Waals surface area contributed by atoms with E-state index in [-0.39, 0.29) is 6.10 Å². The Bertz CT molecular complexity index is 249. The molecule has 0 spiro atoms. The Balaban J connectivity index is 4.67. The zero-order valence-corrected chi connectivity index (χ0v) is 10.8. The van der Waals surface area contributed by atoms with Crippen LogP contribution in [0.4, 0.5) is 0 Å². The SMILES string of the molecule is C=C/C(Br)=C(C)\C=C(/CC)CC(C)O. The smallest absolute Gasteiger partial charge is 0.0549 e. The van der Waals surface area contributed by atoms with Gasteiger partial charge in [0, 0.05) is 4.48 Å². The van der Waals surface area contributed by atoms with E-state index in [0.717, 1.165) is 22.9 Å². The average molecular weight is 259 g/mol. The predicted octanol–water partition coefficient (Wildman–Crippen LogP) is 3.95. The molecule has 0 bridgehead atoms. The van der Waals surface area contributed by atoms with Crippen LogP contribution in [0.1, 0.15) is 33.6 Å². The third kappa shape index (κ3) is 5.40. The van der Waals surface area contributed by atoms with Gasteiger partial charge >= 0.3 is 0 Å².